The molecule has 0 radical (unpaired) electrons. The number of nitrogens with zero attached hydrogens (tertiary/aromatic N) is 1. The Morgan fingerprint density at radius 3 is 2.73 bits per heavy atom. The first-order chi connectivity index (χ1) is 7.27. The molecule has 1 N–H and O–H groups in total. The minimum absolute atomic E-state index is 0.900. The number of rotatable bonds is 6. The minimum Gasteiger partial charge on any atom is -0.495 e. The van der Waals surface area contributed by atoms with Crippen LogP contribution in [0, 0.1) is 0 Å². The highest BCUT2D eigenvalue weighted by atomic mass is 16.5. The van der Waals surface area contributed by atoms with Crippen LogP contribution >= 0.6 is 0 Å². The summed E-state index contributed by atoms with van der Waals surface area (Å²) in [6.07, 6.45) is 0. The van der Waals surface area contributed by atoms with Crippen molar-refractivity contribution in [2.75, 3.05) is 39.1 Å². The van der Waals surface area contributed by atoms with E-state index in [0.717, 1.165) is 31.1 Å². The van der Waals surface area contributed by atoms with E-state index >= 15 is 0 Å². The lowest BCUT2D eigenvalue weighted by Gasteiger charge is -2.15. The Morgan fingerprint density at radius 2 is 2.07 bits per heavy atom. The first-order valence-corrected chi connectivity index (χ1v) is 5.33. The van der Waals surface area contributed by atoms with Crippen LogP contribution in [0.2, 0.25) is 0 Å². The highest BCUT2D eigenvalue weighted by Crippen LogP contribution is 2.22. The van der Waals surface area contributed by atoms with Crippen LogP contribution in [0.15, 0.2) is 24.3 Å². The molecule has 1 rings (SSSR count). The second kappa shape index (κ2) is 6.30. The van der Waals surface area contributed by atoms with Gasteiger partial charge in [0.25, 0.3) is 0 Å². The molecular weight excluding hydrogens is 188 g/mol. The number of likely N-dealkylation sites (N-methyl/N-ethyl adjacent to an activating group) is 1. The minimum atomic E-state index is 0.900. The van der Waals surface area contributed by atoms with E-state index in [4.69, 9.17) is 4.74 Å². The molecule has 84 valence electrons. The molecule has 0 unspecified atom stereocenters. The number of anilines is 1. The summed E-state index contributed by atoms with van der Waals surface area (Å²) < 4.78 is 5.25. The van der Waals surface area contributed by atoms with Crippen LogP contribution in [-0.4, -0.2) is 38.7 Å². The van der Waals surface area contributed by atoms with Gasteiger partial charge in [-0.25, -0.2) is 0 Å². The molecule has 0 saturated carbocycles. The summed E-state index contributed by atoms with van der Waals surface area (Å²) in [7, 11) is 3.81. The summed E-state index contributed by atoms with van der Waals surface area (Å²) >= 11 is 0. The second-order valence-corrected chi connectivity index (χ2v) is 3.52. The average Bonchev–Trinajstić information content (AvgIpc) is 2.29. The molecule has 3 heteroatoms. The Bertz CT molecular complexity index is 289. The fourth-order valence-corrected chi connectivity index (χ4v) is 1.33. The summed E-state index contributed by atoms with van der Waals surface area (Å²) in [5, 5.41) is 3.36. The third-order valence-corrected chi connectivity index (χ3v) is 2.46. The third-order valence-electron chi connectivity index (χ3n) is 2.46. The van der Waals surface area contributed by atoms with Gasteiger partial charge >= 0.3 is 0 Å². The van der Waals surface area contributed by atoms with E-state index in [-0.39, 0.29) is 0 Å². The monoisotopic (exact) mass is 208 g/mol. The van der Waals surface area contributed by atoms with Crippen molar-refractivity contribution in [1.29, 1.82) is 0 Å². The molecule has 0 aliphatic heterocycles. The predicted molar refractivity (Wildman–Crippen MR) is 64.7 cm³/mol. The zero-order valence-corrected chi connectivity index (χ0v) is 9.79. The molecule has 0 amide bonds. The summed E-state index contributed by atoms with van der Waals surface area (Å²) in [6.45, 7) is 5.20. The van der Waals surface area contributed by atoms with E-state index in [1.54, 1.807) is 7.11 Å². The highest BCUT2D eigenvalue weighted by Gasteiger charge is 2.00. The standard InChI is InChI=1S/C12H20N2O/c1-4-14(2)10-9-13-11-7-5-6-8-12(11)15-3/h5-8,13H,4,9-10H2,1-3H3. The summed E-state index contributed by atoms with van der Waals surface area (Å²) in [6, 6.07) is 7.98. The first kappa shape index (κ1) is 11.9. The van der Waals surface area contributed by atoms with Crippen LogP contribution in [0.3, 0.4) is 0 Å². The van der Waals surface area contributed by atoms with Crippen molar-refractivity contribution in [3.63, 3.8) is 0 Å². The third kappa shape index (κ3) is 3.80. The van der Waals surface area contributed by atoms with Crippen LogP contribution in [0.1, 0.15) is 6.92 Å². The lowest BCUT2D eigenvalue weighted by Crippen LogP contribution is -2.24. The van der Waals surface area contributed by atoms with Crippen molar-refractivity contribution in [3.8, 4) is 5.75 Å². The van der Waals surface area contributed by atoms with Gasteiger partial charge in [-0.15, -0.1) is 0 Å². The number of methoxy groups -OCH3 is 1. The topological polar surface area (TPSA) is 24.5 Å². The van der Waals surface area contributed by atoms with Crippen LogP contribution in [0.25, 0.3) is 0 Å². The zero-order chi connectivity index (χ0) is 11.1. The van der Waals surface area contributed by atoms with Gasteiger partial charge in [-0.05, 0) is 25.7 Å². The molecule has 0 spiro atoms. The fourth-order valence-electron chi connectivity index (χ4n) is 1.33. The average molecular weight is 208 g/mol. The number of hydrogen-bond donors (Lipinski definition) is 1. The van der Waals surface area contributed by atoms with Gasteiger partial charge in [0.1, 0.15) is 5.75 Å². The molecule has 1 aromatic rings. The molecule has 0 atom stereocenters. The number of para-hydroxylation sites is 2. The quantitative estimate of drug-likeness (QED) is 0.774. The Labute approximate surface area is 92.0 Å². The van der Waals surface area contributed by atoms with Crippen molar-refractivity contribution < 1.29 is 4.74 Å². The fraction of sp³-hybridized carbons (Fsp3) is 0.500. The maximum absolute atomic E-state index is 5.25. The maximum Gasteiger partial charge on any atom is 0.141 e. The molecule has 15 heavy (non-hydrogen) atoms. The number of ether oxygens (including phenoxy) is 1. The van der Waals surface area contributed by atoms with E-state index < -0.39 is 0 Å². The van der Waals surface area contributed by atoms with Gasteiger partial charge in [-0.1, -0.05) is 19.1 Å². The van der Waals surface area contributed by atoms with E-state index in [1.807, 2.05) is 24.3 Å². The molecule has 0 aliphatic rings. The van der Waals surface area contributed by atoms with Crippen LogP contribution < -0.4 is 10.1 Å². The molecule has 0 aliphatic carbocycles. The Hall–Kier alpha value is -1.22. The SMILES string of the molecule is CCN(C)CCNc1ccccc1OC. The number of benzene rings is 1. The summed E-state index contributed by atoms with van der Waals surface area (Å²) in [5.74, 6) is 0.900. The van der Waals surface area contributed by atoms with Crippen LogP contribution in [-0.2, 0) is 0 Å². The molecule has 0 heterocycles. The molecule has 0 aromatic heterocycles. The van der Waals surface area contributed by atoms with Crippen molar-refractivity contribution in [3.05, 3.63) is 24.3 Å². The molecule has 0 saturated heterocycles. The lowest BCUT2D eigenvalue weighted by molar-refractivity contribution is 0.366. The largest absolute Gasteiger partial charge is 0.495 e. The van der Waals surface area contributed by atoms with E-state index in [1.165, 1.54) is 0 Å². The Kier molecular flexibility index (Phi) is 4.98. The van der Waals surface area contributed by atoms with Gasteiger partial charge in [0.15, 0.2) is 0 Å². The molecule has 0 fully saturated rings. The van der Waals surface area contributed by atoms with Gasteiger partial charge in [0.2, 0.25) is 0 Å². The smallest absolute Gasteiger partial charge is 0.141 e. The Morgan fingerprint density at radius 1 is 1.33 bits per heavy atom. The molecule has 1 aromatic carbocycles. The Balaban J connectivity index is 2.43. The molecule has 0 bridgehead atoms. The summed E-state index contributed by atoms with van der Waals surface area (Å²) in [5.41, 5.74) is 1.06. The van der Waals surface area contributed by atoms with Gasteiger partial charge in [-0.2, -0.15) is 0 Å². The normalized spacial score (nSPS) is 10.4. The van der Waals surface area contributed by atoms with Gasteiger partial charge in [0.05, 0.1) is 12.8 Å². The number of hydrogen-bond acceptors (Lipinski definition) is 3. The van der Waals surface area contributed by atoms with Gasteiger partial charge in [0, 0.05) is 13.1 Å². The van der Waals surface area contributed by atoms with Crippen molar-refractivity contribution in [2.45, 2.75) is 6.92 Å². The first-order valence-electron chi connectivity index (χ1n) is 5.33. The zero-order valence-electron chi connectivity index (χ0n) is 9.79. The van der Waals surface area contributed by atoms with Crippen molar-refractivity contribution in [2.24, 2.45) is 0 Å². The second-order valence-electron chi connectivity index (χ2n) is 3.52. The molecule has 3 nitrogen and oxygen atoms in total. The maximum atomic E-state index is 5.25. The predicted octanol–water partition coefficient (Wildman–Crippen LogP) is 2.06. The van der Waals surface area contributed by atoms with Crippen LogP contribution in [0.4, 0.5) is 5.69 Å². The van der Waals surface area contributed by atoms with Crippen LogP contribution in [0.5, 0.6) is 5.75 Å². The van der Waals surface area contributed by atoms with Crippen molar-refractivity contribution in [1.82, 2.24) is 4.90 Å². The van der Waals surface area contributed by atoms with E-state index in [0.29, 0.717) is 0 Å². The highest BCUT2D eigenvalue weighted by molar-refractivity contribution is 5.56. The van der Waals surface area contributed by atoms with Crippen molar-refractivity contribution >= 4 is 5.69 Å². The van der Waals surface area contributed by atoms with E-state index in [9.17, 15) is 0 Å². The summed E-state index contributed by atoms with van der Waals surface area (Å²) in [4.78, 5) is 2.27. The molecular formula is C12H20N2O. The van der Waals surface area contributed by atoms with Gasteiger partial charge in [-0.3, -0.25) is 0 Å². The van der Waals surface area contributed by atoms with Gasteiger partial charge < -0.3 is 15.0 Å². The lowest BCUT2D eigenvalue weighted by atomic mass is 10.3. The van der Waals surface area contributed by atoms with E-state index in [2.05, 4.69) is 24.2 Å². The number of nitrogens with one attached hydrogen (secondary N) is 1.